The van der Waals surface area contributed by atoms with Gasteiger partial charge >= 0.3 is 0 Å². The first-order valence-electron chi connectivity index (χ1n) is 13.2. The topological polar surface area (TPSA) is 35.9 Å². The second-order valence-electron chi connectivity index (χ2n) is 10.0. The molecule has 0 saturated carbocycles. The van der Waals surface area contributed by atoms with Gasteiger partial charge in [-0.2, -0.15) is 0 Å². The Balaban J connectivity index is 1.26. The van der Waals surface area contributed by atoms with E-state index in [0.717, 1.165) is 67.1 Å². The number of β-amino-alcohol motifs (C(OH)–C–C–N with tert-alkyl or cyclic N) is 1. The summed E-state index contributed by atoms with van der Waals surface area (Å²) in [5, 5.41) is 9.09. The molecule has 0 bridgehead atoms. The minimum atomic E-state index is 0.270. The first-order chi connectivity index (χ1) is 17.1. The van der Waals surface area contributed by atoms with Gasteiger partial charge in [-0.1, -0.05) is 67.7 Å². The molecule has 35 heavy (non-hydrogen) atoms. The lowest BCUT2D eigenvalue weighted by Gasteiger charge is -2.34. The van der Waals surface area contributed by atoms with E-state index in [1.807, 2.05) is 30.5 Å². The summed E-state index contributed by atoms with van der Waals surface area (Å²) in [6, 6.07) is 14.7. The van der Waals surface area contributed by atoms with Gasteiger partial charge in [0.05, 0.1) is 12.9 Å². The van der Waals surface area contributed by atoms with Crippen molar-refractivity contribution in [1.29, 1.82) is 0 Å². The van der Waals surface area contributed by atoms with E-state index in [9.17, 15) is 0 Å². The molecule has 184 valence electrons. The fourth-order valence-electron chi connectivity index (χ4n) is 5.25. The Bertz CT molecular complexity index is 1020. The van der Waals surface area contributed by atoms with Crippen molar-refractivity contribution in [2.45, 2.75) is 39.5 Å². The maximum atomic E-state index is 9.09. The highest BCUT2D eigenvalue weighted by atomic mass is 16.5. The Labute approximate surface area is 212 Å². The number of nitrogens with zero attached hydrogens (tertiary/aromatic N) is 2. The van der Waals surface area contributed by atoms with Crippen LogP contribution in [-0.2, 0) is 6.42 Å². The monoisotopic (exact) mass is 470 g/mol. The highest BCUT2D eigenvalue weighted by molar-refractivity contribution is 6.32. The molecular formula is C30H39BN2O2. The third kappa shape index (κ3) is 6.87. The van der Waals surface area contributed by atoms with Gasteiger partial charge in [0, 0.05) is 43.9 Å². The fourth-order valence-corrected chi connectivity index (χ4v) is 5.25. The lowest BCUT2D eigenvalue weighted by atomic mass is 9.87. The SMILES string of the molecule is [B]c1ccc(C2=COc3cc(CC(C)CCCCN4CCN(CCO)CC4)ccc3/C2=C/C)cc1. The second kappa shape index (κ2) is 12.6. The molecule has 1 fully saturated rings. The average Bonchev–Trinajstić information content (AvgIpc) is 2.87. The summed E-state index contributed by atoms with van der Waals surface area (Å²) in [6.45, 7) is 11.2. The van der Waals surface area contributed by atoms with Crippen LogP contribution in [0.2, 0.25) is 0 Å². The molecule has 1 atom stereocenters. The van der Waals surface area contributed by atoms with Gasteiger partial charge in [0.25, 0.3) is 0 Å². The van der Waals surface area contributed by atoms with E-state index in [4.69, 9.17) is 17.7 Å². The lowest BCUT2D eigenvalue weighted by Crippen LogP contribution is -2.47. The van der Waals surface area contributed by atoms with E-state index in [1.165, 1.54) is 36.9 Å². The molecule has 4 rings (SSSR count). The number of ether oxygens (including phenoxy) is 1. The number of piperazine rings is 1. The maximum Gasteiger partial charge on any atom is 0.134 e. The van der Waals surface area contributed by atoms with Crippen LogP contribution in [0.5, 0.6) is 5.75 Å². The van der Waals surface area contributed by atoms with Crippen LogP contribution >= 0.6 is 0 Å². The fraction of sp³-hybridized carbons (Fsp3) is 0.467. The Morgan fingerprint density at radius 3 is 2.40 bits per heavy atom. The van der Waals surface area contributed by atoms with Crippen molar-refractivity contribution in [1.82, 2.24) is 9.80 Å². The van der Waals surface area contributed by atoms with Crippen LogP contribution in [0.25, 0.3) is 11.1 Å². The van der Waals surface area contributed by atoms with Gasteiger partial charge in [-0.25, -0.2) is 0 Å². The number of rotatable bonds is 10. The summed E-state index contributed by atoms with van der Waals surface area (Å²) < 4.78 is 6.11. The molecule has 2 aromatic carbocycles. The summed E-state index contributed by atoms with van der Waals surface area (Å²) in [5.41, 5.74) is 6.67. The number of aliphatic hydroxyl groups excluding tert-OH is 1. The molecule has 1 unspecified atom stereocenters. The van der Waals surface area contributed by atoms with Gasteiger partial charge in [-0.15, -0.1) is 0 Å². The standard InChI is InChI=1S/C30H39BN2O2/c1-3-27-28-12-7-24(21-30(28)35-22-29(27)25-8-10-26(31)11-9-25)20-23(2)6-4-5-13-32-14-16-33(17-15-32)18-19-34/h3,7-12,21-23,34H,4-6,13-20H2,1-2H3/b27-3-. The van der Waals surface area contributed by atoms with Crippen LogP contribution in [0.15, 0.2) is 54.8 Å². The first-order valence-corrected chi connectivity index (χ1v) is 13.2. The van der Waals surface area contributed by atoms with Crippen molar-refractivity contribution in [3.8, 4) is 5.75 Å². The van der Waals surface area contributed by atoms with E-state index in [1.54, 1.807) is 0 Å². The number of hydrogen-bond acceptors (Lipinski definition) is 4. The molecule has 2 aliphatic rings. The highest BCUT2D eigenvalue weighted by Gasteiger charge is 2.20. The van der Waals surface area contributed by atoms with E-state index >= 15 is 0 Å². The van der Waals surface area contributed by atoms with Gasteiger partial charge in [-0.05, 0) is 55.0 Å². The molecule has 5 heteroatoms. The summed E-state index contributed by atoms with van der Waals surface area (Å²) in [6.07, 6.45) is 8.91. The molecule has 1 saturated heterocycles. The molecule has 0 spiro atoms. The number of benzene rings is 2. The zero-order valence-corrected chi connectivity index (χ0v) is 21.4. The average molecular weight is 470 g/mol. The number of unbranched alkanes of at least 4 members (excludes halogenated alkanes) is 1. The molecule has 4 nitrogen and oxygen atoms in total. The smallest absolute Gasteiger partial charge is 0.134 e. The largest absolute Gasteiger partial charge is 0.464 e. The van der Waals surface area contributed by atoms with E-state index in [-0.39, 0.29) is 6.61 Å². The number of fused-ring (bicyclic) bond motifs is 1. The quantitative estimate of drug-likeness (QED) is 0.416. The van der Waals surface area contributed by atoms with Gasteiger partial charge < -0.3 is 14.7 Å². The van der Waals surface area contributed by atoms with Crippen molar-refractivity contribution in [2.75, 3.05) is 45.9 Å². The lowest BCUT2D eigenvalue weighted by molar-refractivity contribution is 0.111. The van der Waals surface area contributed by atoms with Gasteiger partial charge in [0.15, 0.2) is 0 Å². The Kier molecular flexibility index (Phi) is 9.25. The Morgan fingerprint density at radius 1 is 1.00 bits per heavy atom. The zero-order valence-electron chi connectivity index (χ0n) is 21.4. The molecule has 0 amide bonds. The third-order valence-corrected chi connectivity index (χ3v) is 7.33. The zero-order chi connectivity index (χ0) is 24.6. The number of allylic oxidation sites excluding steroid dienone is 3. The Morgan fingerprint density at radius 2 is 1.71 bits per heavy atom. The molecular weight excluding hydrogens is 431 g/mol. The molecule has 1 N–H and O–H groups in total. The minimum Gasteiger partial charge on any atom is -0.464 e. The predicted octanol–water partition coefficient (Wildman–Crippen LogP) is 4.28. The first kappa shape index (κ1) is 25.7. The van der Waals surface area contributed by atoms with Crippen LogP contribution in [0, 0.1) is 5.92 Å². The number of aliphatic hydroxyl groups is 1. The van der Waals surface area contributed by atoms with Crippen molar-refractivity contribution in [3.05, 3.63) is 71.5 Å². The minimum absolute atomic E-state index is 0.270. The van der Waals surface area contributed by atoms with Crippen LogP contribution in [0.3, 0.4) is 0 Å². The molecule has 2 aromatic rings. The number of hydrogen-bond donors (Lipinski definition) is 1. The highest BCUT2D eigenvalue weighted by Crippen LogP contribution is 2.40. The van der Waals surface area contributed by atoms with E-state index < -0.39 is 0 Å². The maximum absolute atomic E-state index is 9.09. The van der Waals surface area contributed by atoms with Gasteiger partial charge in [0.2, 0.25) is 0 Å². The van der Waals surface area contributed by atoms with Crippen molar-refractivity contribution >= 4 is 24.5 Å². The third-order valence-electron chi connectivity index (χ3n) is 7.33. The summed E-state index contributed by atoms with van der Waals surface area (Å²) in [7, 11) is 5.87. The van der Waals surface area contributed by atoms with Crippen LogP contribution in [-0.4, -0.2) is 68.6 Å². The normalized spacial score (nSPS) is 18.7. The van der Waals surface area contributed by atoms with Crippen molar-refractivity contribution < 1.29 is 9.84 Å². The van der Waals surface area contributed by atoms with Gasteiger partial charge in [0.1, 0.15) is 13.6 Å². The molecule has 2 heterocycles. The molecule has 0 aromatic heterocycles. The van der Waals surface area contributed by atoms with Gasteiger partial charge in [-0.3, -0.25) is 4.90 Å². The Hall–Kier alpha value is -2.34. The van der Waals surface area contributed by atoms with E-state index in [0.29, 0.717) is 5.92 Å². The van der Waals surface area contributed by atoms with Crippen LogP contribution in [0.1, 0.15) is 49.8 Å². The van der Waals surface area contributed by atoms with Crippen LogP contribution < -0.4 is 10.2 Å². The molecule has 2 radical (unpaired) electrons. The molecule has 2 aliphatic heterocycles. The summed E-state index contributed by atoms with van der Waals surface area (Å²) >= 11 is 0. The molecule has 0 aliphatic carbocycles. The summed E-state index contributed by atoms with van der Waals surface area (Å²) in [4.78, 5) is 4.93. The van der Waals surface area contributed by atoms with E-state index in [2.05, 4.69) is 47.9 Å². The van der Waals surface area contributed by atoms with Crippen LogP contribution in [0.4, 0.5) is 0 Å². The predicted molar refractivity (Wildman–Crippen MR) is 147 cm³/mol. The van der Waals surface area contributed by atoms with Crippen molar-refractivity contribution in [3.63, 3.8) is 0 Å². The summed E-state index contributed by atoms with van der Waals surface area (Å²) in [5.74, 6) is 1.60. The second-order valence-corrected chi connectivity index (χ2v) is 10.0. The van der Waals surface area contributed by atoms with Crippen molar-refractivity contribution in [2.24, 2.45) is 5.92 Å².